The Balaban J connectivity index is 2.48. The number of hydrogen-bond donors (Lipinski definition) is 2. The van der Waals surface area contributed by atoms with E-state index in [9.17, 15) is 9.59 Å². The second-order valence-corrected chi connectivity index (χ2v) is 3.80. The van der Waals surface area contributed by atoms with Crippen LogP contribution in [0.1, 0.15) is 12.1 Å². The third-order valence-corrected chi connectivity index (χ3v) is 2.62. The molecular formula is C12H12N2O4. The molecule has 0 radical (unpaired) electrons. The van der Waals surface area contributed by atoms with Crippen molar-refractivity contribution in [2.24, 2.45) is 0 Å². The molecule has 1 aromatic heterocycles. The molecule has 94 valence electrons. The van der Waals surface area contributed by atoms with Crippen molar-refractivity contribution in [1.29, 1.82) is 0 Å². The molecule has 0 spiro atoms. The minimum atomic E-state index is -0.957. The Morgan fingerprint density at radius 1 is 1.50 bits per heavy atom. The number of carbonyl (C=O) groups is 1. The zero-order valence-corrected chi connectivity index (χ0v) is 9.77. The summed E-state index contributed by atoms with van der Waals surface area (Å²) >= 11 is 0. The maximum Gasteiger partial charge on any atom is 0.303 e. The SMILES string of the molecule is COc1ccc2[nH]nc(CCC(=O)O)c(=O)c2c1. The molecule has 0 amide bonds. The molecule has 0 aliphatic heterocycles. The first kappa shape index (κ1) is 12.1. The summed E-state index contributed by atoms with van der Waals surface area (Å²) < 4.78 is 5.05. The molecule has 1 heterocycles. The van der Waals surface area contributed by atoms with Crippen LogP contribution >= 0.6 is 0 Å². The third-order valence-electron chi connectivity index (χ3n) is 2.62. The van der Waals surface area contributed by atoms with Crippen molar-refractivity contribution >= 4 is 16.9 Å². The number of aryl methyl sites for hydroxylation is 1. The fourth-order valence-electron chi connectivity index (χ4n) is 1.66. The van der Waals surface area contributed by atoms with Crippen LogP contribution in [0.3, 0.4) is 0 Å². The van der Waals surface area contributed by atoms with Gasteiger partial charge in [0.25, 0.3) is 0 Å². The zero-order valence-electron chi connectivity index (χ0n) is 9.77. The Bertz CT molecular complexity index is 648. The number of ether oxygens (including phenoxy) is 1. The lowest BCUT2D eigenvalue weighted by Gasteiger charge is -2.03. The fourth-order valence-corrected chi connectivity index (χ4v) is 1.66. The van der Waals surface area contributed by atoms with Crippen molar-refractivity contribution in [2.75, 3.05) is 7.11 Å². The van der Waals surface area contributed by atoms with Gasteiger partial charge in [-0.15, -0.1) is 0 Å². The number of nitrogens with zero attached hydrogens (tertiary/aromatic N) is 1. The number of carboxylic acid groups (broad SMARTS) is 1. The second-order valence-electron chi connectivity index (χ2n) is 3.80. The number of aromatic nitrogens is 2. The van der Waals surface area contributed by atoms with E-state index in [1.807, 2.05) is 0 Å². The van der Waals surface area contributed by atoms with Crippen LogP contribution < -0.4 is 10.2 Å². The molecule has 18 heavy (non-hydrogen) atoms. The van der Waals surface area contributed by atoms with Gasteiger partial charge in [0.15, 0.2) is 0 Å². The molecule has 0 saturated carbocycles. The van der Waals surface area contributed by atoms with Gasteiger partial charge in [-0.05, 0) is 18.2 Å². The number of rotatable bonds is 4. The first-order valence-corrected chi connectivity index (χ1v) is 5.39. The van der Waals surface area contributed by atoms with Crippen molar-refractivity contribution in [1.82, 2.24) is 10.2 Å². The van der Waals surface area contributed by atoms with E-state index in [-0.39, 0.29) is 24.0 Å². The van der Waals surface area contributed by atoms with Gasteiger partial charge in [-0.2, -0.15) is 5.10 Å². The lowest BCUT2D eigenvalue weighted by atomic mass is 10.1. The fraction of sp³-hybridized carbons (Fsp3) is 0.250. The third kappa shape index (κ3) is 2.32. The van der Waals surface area contributed by atoms with Crippen molar-refractivity contribution in [3.8, 4) is 5.75 Å². The van der Waals surface area contributed by atoms with E-state index in [0.717, 1.165) is 0 Å². The standard InChI is InChI=1S/C12H12N2O4/c1-18-7-2-3-9-8(6-7)12(17)10(14-13-9)4-5-11(15)16/h2-3,6H,4-5H2,1H3,(H,13,17)(H,15,16). The van der Waals surface area contributed by atoms with E-state index in [0.29, 0.717) is 16.7 Å². The number of benzene rings is 1. The van der Waals surface area contributed by atoms with Crippen LogP contribution in [0.15, 0.2) is 23.0 Å². The van der Waals surface area contributed by atoms with E-state index in [4.69, 9.17) is 9.84 Å². The molecule has 6 heteroatoms. The summed E-state index contributed by atoms with van der Waals surface area (Å²) in [5.41, 5.74) is 0.557. The topological polar surface area (TPSA) is 92.3 Å². The number of aromatic amines is 1. The van der Waals surface area contributed by atoms with Gasteiger partial charge in [-0.3, -0.25) is 14.7 Å². The van der Waals surface area contributed by atoms with Crippen LogP contribution in [0.2, 0.25) is 0 Å². The molecule has 2 N–H and O–H groups in total. The smallest absolute Gasteiger partial charge is 0.303 e. The number of methoxy groups -OCH3 is 1. The van der Waals surface area contributed by atoms with Crippen LogP contribution in [0, 0.1) is 0 Å². The largest absolute Gasteiger partial charge is 0.497 e. The first-order chi connectivity index (χ1) is 8.61. The number of carboxylic acids is 1. The maximum atomic E-state index is 12.1. The van der Waals surface area contributed by atoms with Gasteiger partial charge in [0.1, 0.15) is 11.4 Å². The van der Waals surface area contributed by atoms with Crippen LogP contribution in [-0.2, 0) is 11.2 Å². The van der Waals surface area contributed by atoms with E-state index in [2.05, 4.69) is 10.2 Å². The van der Waals surface area contributed by atoms with Crippen molar-refractivity contribution in [3.63, 3.8) is 0 Å². The molecule has 0 unspecified atom stereocenters. The average Bonchev–Trinajstić information content (AvgIpc) is 2.37. The van der Waals surface area contributed by atoms with Gasteiger partial charge in [-0.1, -0.05) is 0 Å². The van der Waals surface area contributed by atoms with Crippen molar-refractivity contribution in [3.05, 3.63) is 34.1 Å². The monoisotopic (exact) mass is 248 g/mol. The summed E-state index contributed by atoms with van der Waals surface area (Å²) in [6.07, 6.45) is -0.0105. The van der Waals surface area contributed by atoms with Gasteiger partial charge in [-0.25, -0.2) is 0 Å². The molecular weight excluding hydrogens is 236 g/mol. The van der Waals surface area contributed by atoms with Crippen LogP contribution in [-0.4, -0.2) is 28.4 Å². The molecule has 0 aliphatic rings. The highest BCUT2D eigenvalue weighted by molar-refractivity contribution is 5.79. The Labute approximate surface area is 102 Å². The van der Waals surface area contributed by atoms with Gasteiger partial charge in [0.05, 0.1) is 24.4 Å². The van der Waals surface area contributed by atoms with Gasteiger partial charge in [0, 0.05) is 6.42 Å². The van der Waals surface area contributed by atoms with Crippen molar-refractivity contribution in [2.45, 2.75) is 12.8 Å². The molecule has 1 aromatic carbocycles. The predicted octanol–water partition coefficient (Wildman–Crippen LogP) is 0.949. The second kappa shape index (κ2) is 4.87. The highest BCUT2D eigenvalue weighted by atomic mass is 16.5. The average molecular weight is 248 g/mol. The first-order valence-electron chi connectivity index (χ1n) is 5.39. The molecule has 2 rings (SSSR count). The number of fused-ring (bicyclic) bond motifs is 1. The summed E-state index contributed by atoms with van der Waals surface area (Å²) in [6, 6.07) is 5.03. The lowest BCUT2D eigenvalue weighted by molar-refractivity contribution is -0.136. The van der Waals surface area contributed by atoms with E-state index >= 15 is 0 Å². The molecule has 0 aliphatic carbocycles. The number of hydrogen-bond acceptors (Lipinski definition) is 4. The van der Waals surface area contributed by atoms with Gasteiger partial charge in [0.2, 0.25) is 5.43 Å². The molecule has 0 fully saturated rings. The minimum absolute atomic E-state index is 0.109. The Kier molecular flexibility index (Phi) is 3.27. The Morgan fingerprint density at radius 2 is 2.28 bits per heavy atom. The normalized spacial score (nSPS) is 10.5. The van der Waals surface area contributed by atoms with E-state index in [1.54, 1.807) is 18.2 Å². The molecule has 6 nitrogen and oxygen atoms in total. The molecule has 0 atom stereocenters. The number of H-pyrrole nitrogens is 1. The lowest BCUT2D eigenvalue weighted by Crippen LogP contribution is -2.15. The van der Waals surface area contributed by atoms with E-state index in [1.165, 1.54) is 7.11 Å². The number of aliphatic carboxylic acids is 1. The van der Waals surface area contributed by atoms with Gasteiger partial charge < -0.3 is 9.84 Å². The van der Waals surface area contributed by atoms with E-state index < -0.39 is 5.97 Å². The summed E-state index contributed by atoms with van der Waals surface area (Å²) in [7, 11) is 1.52. The molecule has 2 aromatic rings. The zero-order chi connectivity index (χ0) is 13.1. The summed E-state index contributed by atoms with van der Waals surface area (Å²) in [6.45, 7) is 0. The minimum Gasteiger partial charge on any atom is -0.497 e. The Hall–Kier alpha value is -2.37. The van der Waals surface area contributed by atoms with Gasteiger partial charge >= 0.3 is 5.97 Å². The predicted molar refractivity (Wildman–Crippen MR) is 64.9 cm³/mol. The summed E-state index contributed by atoms with van der Waals surface area (Å²) in [5.74, 6) is -0.384. The van der Waals surface area contributed by atoms with Crippen molar-refractivity contribution < 1.29 is 14.6 Å². The summed E-state index contributed by atoms with van der Waals surface area (Å²) in [5, 5.41) is 15.7. The highest BCUT2D eigenvalue weighted by Crippen LogP contribution is 2.16. The van der Waals surface area contributed by atoms with Crippen LogP contribution in [0.25, 0.3) is 10.9 Å². The highest BCUT2D eigenvalue weighted by Gasteiger charge is 2.09. The molecule has 0 saturated heterocycles. The van der Waals surface area contributed by atoms with Crippen LogP contribution in [0.4, 0.5) is 0 Å². The molecule has 0 bridgehead atoms. The maximum absolute atomic E-state index is 12.1. The summed E-state index contributed by atoms with van der Waals surface area (Å²) in [4.78, 5) is 22.6. The quantitative estimate of drug-likeness (QED) is 0.840. The number of nitrogens with one attached hydrogen (secondary N) is 1. The Morgan fingerprint density at radius 3 is 2.94 bits per heavy atom. The van der Waals surface area contributed by atoms with Crippen LogP contribution in [0.5, 0.6) is 5.75 Å².